The highest BCUT2D eigenvalue weighted by Gasteiger charge is 2.19. The van der Waals surface area contributed by atoms with E-state index in [4.69, 9.17) is 5.26 Å². The van der Waals surface area contributed by atoms with E-state index in [1.807, 2.05) is 13.0 Å². The summed E-state index contributed by atoms with van der Waals surface area (Å²) in [5, 5.41) is 11.9. The van der Waals surface area contributed by atoms with Crippen molar-refractivity contribution in [2.45, 2.75) is 32.6 Å². The van der Waals surface area contributed by atoms with Crippen LogP contribution in [0.25, 0.3) is 0 Å². The summed E-state index contributed by atoms with van der Waals surface area (Å²) in [6.45, 7) is 2.73. The van der Waals surface area contributed by atoms with Crippen LogP contribution >= 0.6 is 0 Å². The summed E-state index contributed by atoms with van der Waals surface area (Å²) < 4.78 is 0. The molecule has 0 bridgehead atoms. The van der Waals surface area contributed by atoms with Crippen molar-refractivity contribution in [2.75, 3.05) is 11.9 Å². The molecule has 1 aliphatic heterocycles. The molecule has 0 aliphatic carbocycles. The Kier molecular flexibility index (Phi) is 3.43. The number of unbranched alkanes of at least 4 members (excludes halogenated alkanes) is 1. The molecule has 0 aromatic heterocycles. The number of Topliss-reactive ketones (excluding diaryl/α,β-unsaturated/α-hetero) is 1. The molecule has 0 saturated carbocycles. The SMILES string of the molecule is Cc1cc(CCCC#N)c2c(c1)C(=O)CCN2. The molecule has 0 fully saturated rings. The van der Waals surface area contributed by atoms with Gasteiger partial charge in [-0.1, -0.05) is 6.07 Å². The van der Waals surface area contributed by atoms with Crippen molar-refractivity contribution in [1.82, 2.24) is 0 Å². The number of benzene rings is 1. The van der Waals surface area contributed by atoms with Crippen LogP contribution in [0.1, 0.15) is 40.7 Å². The van der Waals surface area contributed by atoms with Crippen LogP contribution < -0.4 is 5.32 Å². The molecule has 0 amide bonds. The highest BCUT2D eigenvalue weighted by molar-refractivity contribution is 6.03. The van der Waals surface area contributed by atoms with Gasteiger partial charge in [0.1, 0.15) is 0 Å². The molecule has 1 N–H and O–H groups in total. The second-order valence-electron chi connectivity index (χ2n) is 4.46. The first-order valence-electron chi connectivity index (χ1n) is 6.00. The third-order valence-electron chi connectivity index (χ3n) is 3.05. The smallest absolute Gasteiger partial charge is 0.166 e. The van der Waals surface area contributed by atoms with E-state index in [9.17, 15) is 4.79 Å². The van der Waals surface area contributed by atoms with Gasteiger partial charge in [0.25, 0.3) is 0 Å². The van der Waals surface area contributed by atoms with Crippen LogP contribution in [0.5, 0.6) is 0 Å². The third-order valence-corrected chi connectivity index (χ3v) is 3.05. The standard InChI is InChI=1S/C14H16N2O/c1-10-8-11(4-2-3-6-15)14-12(9-10)13(17)5-7-16-14/h8-9,16H,2-5,7H2,1H3. The Labute approximate surface area is 101 Å². The van der Waals surface area contributed by atoms with Crippen molar-refractivity contribution < 1.29 is 4.79 Å². The topological polar surface area (TPSA) is 52.9 Å². The lowest BCUT2D eigenvalue weighted by molar-refractivity contribution is 0.0983. The number of carbonyl (C=O) groups excluding carboxylic acids is 1. The summed E-state index contributed by atoms with van der Waals surface area (Å²) in [4.78, 5) is 11.8. The number of hydrogen-bond acceptors (Lipinski definition) is 3. The van der Waals surface area contributed by atoms with E-state index in [1.165, 1.54) is 5.56 Å². The number of hydrogen-bond donors (Lipinski definition) is 1. The second-order valence-corrected chi connectivity index (χ2v) is 4.46. The fourth-order valence-corrected chi connectivity index (χ4v) is 2.28. The van der Waals surface area contributed by atoms with Crippen LogP contribution in [0.2, 0.25) is 0 Å². The Morgan fingerprint density at radius 2 is 2.29 bits per heavy atom. The molecule has 88 valence electrons. The Hall–Kier alpha value is -1.82. The number of rotatable bonds is 3. The molecule has 17 heavy (non-hydrogen) atoms. The fourth-order valence-electron chi connectivity index (χ4n) is 2.28. The van der Waals surface area contributed by atoms with Crippen molar-refractivity contribution in [1.29, 1.82) is 5.26 Å². The van der Waals surface area contributed by atoms with Gasteiger partial charge in [0, 0.05) is 30.6 Å². The predicted octanol–water partition coefficient (Wildman–Crippen LogP) is 2.84. The van der Waals surface area contributed by atoms with Crippen LogP contribution in [0, 0.1) is 18.3 Å². The van der Waals surface area contributed by atoms with Crippen molar-refractivity contribution >= 4 is 11.5 Å². The number of nitrogens with zero attached hydrogens (tertiary/aromatic N) is 1. The molecule has 1 heterocycles. The normalized spacial score (nSPS) is 13.8. The quantitative estimate of drug-likeness (QED) is 0.809. The minimum atomic E-state index is 0.226. The van der Waals surface area contributed by atoms with Gasteiger partial charge in [-0.3, -0.25) is 4.79 Å². The van der Waals surface area contributed by atoms with Crippen LogP contribution in [0.15, 0.2) is 12.1 Å². The first-order chi connectivity index (χ1) is 8.22. The van der Waals surface area contributed by atoms with E-state index >= 15 is 0 Å². The van der Waals surface area contributed by atoms with Gasteiger partial charge >= 0.3 is 0 Å². The minimum Gasteiger partial charge on any atom is -0.384 e. The summed E-state index contributed by atoms with van der Waals surface area (Å²) in [6.07, 6.45) is 2.85. The van der Waals surface area contributed by atoms with Crippen molar-refractivity contribution in [3.63, 3.8) is 0 Å². The van der Waals surface area contributed by atoms with Gasteiger partial charge in [0.15, 0.2) is 5.78 Å². The summed E-state index contributed by atoms with van der Waals surface area (Å²) in [6, 6.07) is 6.22. The van der Waals surface area contributed by atoms with Crippen LogP contribution in [0.4, 0.5) is 5.69 Å². The van der Waals surface area contributed by atoms with Crippen molar-refractivity contribution in [3.8, 4) is 6.07 Å². The van der Waals surface area contributed by atoms with E-state index in [2.05, 4.69) is 17.5 Å². The first-order valence-corrected chi connectivity index (χ1v) is 6.00. The second kappa shape index (κ2) is 5.01. The van der Waals surface area contributed by atoms with Gasteiger partial charge in [-0.05, 0) is 37.0 Å². The van der Waals surface area contributed by atoms with E-state index in [-0.39, 0.29) is 5.78 Å². The molecule has 1 aliphatic rings. The van der Waals surface area contributed by atoms with Gasteiger partial charge in [-0.25, -0.2) is 0 Å². The van der Waals surface area contributed by atoms with Crippen LogP contribution in [-0.2, 0) is 6.42 Å². The molecule has 0 unspecified atom stereocenters. The maximum atomic E-state index is 11.8. The number of fused-ring (bicyclic) bond motifs is 1. The zero-order valence-corrected chi connectivity index (χ0v) is 10.0. The number of nitrogens with one attached hydrogen (secondary N) is 1. The van der Waals surface area contributed by atoms with E-state index in [0.717, 1.165) is 36.2 Å². The fraction of sp³-hybridized carbons (Fsp3) is 0.429. The monoisotopic (exact) mass is 228 g/mol. The van der Waals surface area contributed by atoms with Crippen molar-refractivity contribution in [3.05, 3.63) is 28.8 Å². The Morgan fingerprint density at radius 3 is 3.06 bits per heavy atom. The molecule has 0 saturated heterocycles. The number of nitriles is 1. The number of carbonyl (C=O) groups is 1. The molecule has 0 radical (unpaired) electrons. The minimum absolute atomic E-state index is 0.226. The predicted molar refractivity (Wildman–Crippen MR) is 67.2 cm³/mol. The van der Waals surface area contributed by atoms with Gasteiger partial charge < -0.3 is 5.32 Å². The number of anilines is 1. The van der Waals surface area contributed by atoms with E-state index in [0.29, 0.717) is 12.8 Å². The molecule has 0 spiro atoms. The molecule has 3 nitrogen and oxygen atoms in total. The molecule has 1 aromatic rings. The average molecular weight is 228 g/mol. The van der Waals surface area contributed by atoms with Gasteiger partial charge in [0.2, 0.25) is 0 Å². The zero-order chi connectivity index (χ0) is 12.3. The third kappa shape index (κ3) is 2.47. The summed E-state index contributed by atoms with van der Waals surface area (Å²) in [5.41, 5.74) is 4.10. The largest absolute Gasteiger partial charge is 0.384 e. The average Bonchev–Trinajstić information content (AvgIpc) is 2.31. The van der Waals surface area contributed by atoms with Crippen LogP contribution in [0.3, 0.4) is 0 Å². The molecule has 1 aromatic carbocycles. The Bertz CT molecular complexity index is 486. The highest BCUT2D eigenvalue weighted by Crippen LogP contribution is 2.28. The lowest BCUT2D eigenvalue weighted by atomic mass is 9.93. The molecule has 0 atom stereocenters. The lowest BCUT2D eigenvalue weighted by Gasteiger charge is -2.21. The van der Waals surface area contributed by atoms with Gasteiger partial charge in [0.05, 0.1) is 6.07 Å². The Balaban J connectivity index is 2.32. The van der Waals surface area contributed by atoms with E-state index in [1.54, 1.807) is 0 Å². The van der Waals surface area contributed by atoms with Gasteiger partial charge in [-0.15, -0.1) is 0 Å². The number of ketones is 1. The molecule has 3 heteroatoms. The van der Waals surface area contributed by atoms with E-state index < -0.39 is 0 Å². The molecular formula is C14H16N2O. The maximum absolute atomic E-state index is 11.8. The first kappa shape index (κ1) is 11.7. The molecule has 2 rings (SSSR count). The summed E-state index contributed by atoms with van der Waals surface area (Å²) in [7, 11) is 0. The highest BCUT2D eigenvalue weighted by atomic mass is 16.1. The van der Waals surface area contributed by atoms with Crippen LogP contribution in [-0.4, -0.2) is 12.3 Å². The zero-order valence-electron chi connectivity index (χ0n) is 10.0. The van der Waals surface area contributed by atoms with Gasteiger partial charge in [-0.2, -0.15) is 5.26 Å². The summed E-state index contributed by atoms with van der Waals surface area (Å²) in [5.74, 6) is 0.226. The summed E-state index contributed by atoms with van der Waals surface area (Å²) >= 11 is 0. The maximum Gasteiger partial charge on any atom is 0.166 e. The number of aryl methyl sites for hydroxylation is 2. The lowest BCUT2D eigenvalue weighted by Crippen LogP contribution is -2.19. The Morgan fingerprint density at radius 1 is 1.47 bits per heavy atom. The van der Waals surface area contributed by atoms with Crippen molar-refractivity contribution in [2.24, 2.45) is 0 Å². The molecular weight excluding hydrogens is 212 g/mol.